The van der Waals surface area contributed by atoms with Gasteiger partial charge in [-0.15, -0.1) is 0 Å². The second-order valence-electron chi connectivity index (χ2n) is 14.8. The summed E-state index contributed by atoms with van der Waals surface area (Å²) in [6.07, 6.45) is 5.98. The number of nitrogens with zero attached hydrogens (tertiary/aromatic N) is 2. The van der Waals surface area contributed by atoms with E-state index in [0.717, 1.165) is 94.3 Å². The summed E-state index contributed by atoms with van der Waals surface area (Å²) in [5.74, 6) is 1.62. The lowest BCUT2D eigenvalue weighted by Crippen LogP contribution is -2.48. The Bertz CT molecular complexity index is 1850. The molecule has 0 aromatic heterocycles. The Morgan fingerprint density at radius 2 is 1.20 bits per heavy atom. The number of methoxy groups -OCH3 is 1. The van der Waals surface area contributed by atoms with Gasteiger partial charge in [0.15, 0.2) is 5.78 Å². The topological polar surface area (TPSA) is 89.6 Å². The van der Waals surface area contributed by atoms with E-state index in [-0.39, 0.29) is 30.4 Å². The highest BCUT2D eigenvalue weighted by Gasteiger charge is 2.30. The first-order valence-corrected chi connectivity index (χ1v) is 21.1. The van der Waals surface area contributed by atoms with Crippen LogP contribution in [0, 0.1) is 13.8 Å². The smallest absolute Gasteiger partial charge is 0.260 e. The summed E-state index contributed by atoms with van der Waals surface area (Å²) in [6.45, 7) is 8.50. The number of ether oxygens (including phenoxy) is 3. The van der Waals surface area contributed by atoms with Crippen molar-refractivity contribution >= 4 is 43.6 Å². The summed E-state index contributed by atoms with van der Waals surface area (Å²) < 4.78 is 19.7. The summed E-state index contributed by atoms with van der Waals surface area (Å²) in [7, 11) is 3.05. The summed E-state index contributed by atoms with van der Waals surface area (Å²) in [5, 5.41) is 0. The minimum atomic E-state index is -0.199. The van der Waals surface area contributed by atoms with Crippen molar-refractivity contribution in [3.63, 3.8) is 0 Å². The van der Waals surface area contributed by atoms with Crippen molar-refractivity contribution in [2.75, 3.05) is 33.9 Å². The van der Waals surface area contributed by atoms with Crippen LogP contribution >= 0.6 is 31.9 Å². The number of benzene rings is 4. The molecule has 4 aromatic rings. The van der Waals surface area contributed by atoms with Gasteiger partial charge in [-0.25, -0.2) is 5.48 Å². The van der Waals surface area contributed by atoms with Crippen LogP contribution in [0.15, 0.2) is 81.7 Å². The molecule has 0 saturated carbocycles. The third kappa shape index (κ3) is 10.5. The first-order valence-electron chi connectivity index (χ1n) is 19.5. The number of hydrogen-bond acceptors (Lipinski definition) is 8. The maximum atomic E-state index is 12.7. The highest BCUT2D eigenvalue weighted by molar-refractivity contribution is 9.11. The van der Waals surface area contributed by atoms with Crippen LogP contribution < -0.4 is 15.0 Å². The first kappa shape index (κ1) is 42.0. The molecule has 2 aliphatic heterocycles. The fourth-order valence-electron chi connectivity index (χ4n) is 7.99. The van der Waals surface area contributed by atoms with Gasteiger partial charge in [0, 0.05) is 20.2 Å². The Balaban J connectivity index is 1.08. The maximum Gasteiger partial charge on any atom is 0.260 e. The molecule has 0 bridgehead atoms. The van der Waals surface area contributed by atoms with E-state index in [2.05, 4.69) is 122 Å². The standard InChI is InChI=1S/C45H53Br2N3O6/c1-30-34(27-55-43-19-17-32(23-38(43)46)25-49-21-7-5-15-40(49)42(51)29-53-3)11-9-13-36(30)37-14-10-12-35(31(37)2)28-56-44-20-18-33(24-39(44)47)26-50-22-8-6-16-41(50)45(52)48-54-4/h9-14,17-20,23-24,40-41H,5-8,15-16,21-22,25-29H2,1-4H3,(H,48,52)/t40-,41-/m0/s1. The van der Waals surface area contributed by atoms with Crippen molar-refractivity contribution < 1.29 is 28.6 Å². The lowest BCUT2D eigenvalue weighted by Gasteiger charge is -2.34. The molecule has 0 spiro atoms. The van der Waals surface area contributed by atoms with Crippen molar-refractivity contribution in [3.8, 4) is 22.6 Å². The normalized spacial score (nSPS) is 17.8. The van der Waals surface area contributed by atoms with Crippen molar-refractivity contribution in [1.29, 1.82) is 0 Å². The third-order valence-corrected chi connectivity index (χ3v) is 12.3. The van der Waals surface area contributed by atoms with E-state index in [1.165, 1.54) is 29.4 Å². The molecule has 11 heteroatoms. The molecule has 2 atom stereocenters. The van der Waals surface area contributed by atoms with Gasteiger partial charge in [0.05, 0.1) is 28.1 Å². The Hall–Kier alpha value is -3.58. The van der Waals surface area contributed by atoms with Gasteiger partial charge in [0.2, 0.25) is 0 Å². The molecule has 9 nitrogen and oxygen atoms in total. The van der Waals surface area contributed by atoms with Crippen LogP contribution in [0.1, 0.15) is 71.9 Å². The van der Waals surface area contributed by atoms with Crippen molar-refractivity contribution in [1.82, 2.24) is 15.3 Å². The van der Waals surface area contributed by atoms with Gasteiger partial charge >= 0.3 is 0 Å². The van der Waals surface area contributed by atoms with Crippen molar-refractivity contribution in [3.05, 3.63) is 115 Å². The number of hydroxylamine groups is 1. The molecule has 56 heavy (non-hydrogen) atoms. The highest BCUT2D eigenvalue weighted by atomic mass is 79.9. The Kier molecular flexibility index (Phi) is 15.2. The largest absolute Gasteiger partial charge is 0.488 e. The number of piperidine rings is 2. The zero-order chi connectivity index (χ0) is 39.6. The van der Waals surface area contributed by atoms with Crippen LogP contribution in [-0.2, 0) is 45.5 Å². The molecule has 0 aliphatic carbocycles. The fourth-order valence-corrected chi connectivity index (χ4v) is 9.07. The third-order valence-electron chi connectivity index (χ3n) is 11.1. The number of carbonyl (C=O) groups excluding carboxylic acids is 2. The number of carbonyl (C=O) groups is 2. The molecule has 2 heterocycles. The van der Waals surface area contributed by atoms with E-state index in [1.807, 2.05) is 12.1 Å². The number of Topliss-reactive ketones (excluding diaryl/α,β-unsaturated/α-hetero) is 1. The fraction of sp³-hybridized carbons (Fsp3) is 0.422. The van der Waals surface area contributed by atoms with E-state index in [9.17, 15) is 9.59 Å². The van der Waals surface area contributed by atoms with Gasteiger partial charge in [0.1, 0.15) is 31.3 Å². The molecule has 298 valence electrons. The minimum Gasteiger partial charge on any atom is -0.488 e. The minimum absolute atomic E-state index is 0.0890. The van der Waals surface area contributed by atoms with Crippen LogP contribution in [0.25, 0.3) is 11.1 Å². The molecule has 1 N–H and O–H groups in total. The lowest BCUT2D eigenvalue weighted by atomic mass is 9.92. The first-order chi connectivity index (χ1) is 27.2. The molecule has 2 saturated heterocycles. The van der Waals surface area contributed by atoms with Gasteiger partial charge < -0.3 is 14.2 Å². The van der Waals surface area contributed by atoms with Crippen LogP contribution in [-0.4, -0.2) is 67.5 Å². The predicted octanol–water partition coefficient (Wildman–Crippen LogP) is 9.26. The van der Waals surface area contributed by atoms with Gasteiger partial charge in [-0.3, -0.25) is 24.2 Å². The molecular formula is C45H53Br2N3O6. The molecule has 4 aromatic carbocycles. The zero-order valence-corrected chi connectivity index (χ0v) is 36.0. The molecule has 2 fully saturated rings. The summed E-state index contributed by atoms with van der Waals surface area (Å²) >= 11 is 7.49. The monoisotopic (exact) mass is 889 g/mol. The zero-order valence-electron chi connectivity index (χ0n) is 32.9. The van der Waals surface area contributed by atoms with E-state index in [0.29, 0.717) is 26.3 Å². The molecule has 1 amide bonds. The number of rotatable bonds is 16. The van der Waals surface area contributed by atoms with Crippen molar-refractivity contribution in [2.45, 2.75) is 90.8 Å². The second-order valence-corrected chi connectivity index (χ2v) is 16.5. The maximum absolute atomic E-state index is 12.7. The highest BCUT2D eigenvalue weighted by Crippen LogP contribution is 2.34. The van der Waals surface area contributed by atoms with Gasteiger partial charge in [-0.2, -0.15) is 0 Å². The van der Waals surface area contributed by atoms with Crippen LogP contribution in [0.2, 0.25) is 0 Å². The Labute approximate surface area is 348 Å². The molecule has 0 unspecified atom stereocenters. The van der Waals surface area contributed by atoms with Gasteiger partial charge in [-0.1, -0.05) is 61.4 Å². The van der Waals surface area contributed by atoms with E-state index in [4.69, 9.17) is 19.0 Å². The number of hydrogen-bond donors (Lipinski definition) is 1. The SMILES string of the molecule is COCC(=O)[C@@H]1CCCCN1Cc1ccc(OCc2cccc(-c3cccc(COc4ccc(CN5CCCC[C@H]5C(=O)NOC)cc4Br)c3C)c2C)c(Br)c1. The summed E-state index contributed by atoms with van der Waals surface area (Å²) in [5.41, 5.74) is 11.7. The van der Waals surface area contributed by atoms with Gasteiger partial charge in [-0.05, 0) is 153 Å². The van der Waals surface area contributed by atoms with E-state index < -0.39 is 0 Å². The van der Waals surface area contributed by atoms with Crippen LogP contribution in [0.5, 0.6) is 11.5 Å². The number of amides is 1. The van der Waals surface area contributed by atoms with Crippen LogP contribution in [0.4, 0.5) is 0 Å². The predicted molar refractivity (Wildman–Crippen MR) is 226 cm³/mol. The van der Waals surface area contributed by atoms with E-state index in [1.54, 1.807) is 7.11 Å². The molecular weight excluding hydrogens is 838 g/mol. The molecule has 2 aliphatic rings. The quantitative estimate of drug-likeness (QED) is 0.112. The van der Waals surface area contributed by atoms with Crippen molar-refractivity contribution in [2.24, 2.45) is 0 Å². The Morgan fingerprint density at radius 1 is 0.696 bits per heavy atom. The number of nitrogens with one attached hydrogen (secondary N) is 1. The second kappa shape index (κ2) is 20.2. The number of ketones is 1. The number of likely N-dealkylation sites (tertiary alicyclic amines) is 2. The summed E-state index contributed by atoms with van der Waals surface area (Å²) in [4.78, 5) is 34.7. The lowest BCUT2D eigenvalue weighted by molar-refractivity contribution is -0.138. The molecule has 0 radical (unpaired) electrons. The summed E-state index contributed by atoms with van der Waals surface area (Å²) in [6, 6.07) is 24.9. The number of halogens is 2. The van der Waals surface area contributed by atoms with Gasteiger partial charge in [0.25, 0.3) is 5.91 Å². The molecule has 6 rings (SSSR count). The average Bonchev–Trinajstić information content (AvgIpc) is 3.19. The average molecular weight is 892 g/mol. The van der Waals surface area contributed by atoms with E-state index >= 15 is 0 Å². The van der Waals surface area contributed by atoms with Crippen LogP contribution in [0.3, 0.4) is 0 Å². The Morgan fingerprint density at radius 3 is 1.68 bits per heavy atom.